The van der Waals surface area contributed by atoms with Crippen molar-refractivity contribution in [2.45, 2.75) is 56.8 Å². The van der Waals surface area contributed by atoms with Crippen molar-refractivity contribution in [3.8, 4) is 11.3 Å². The molecule has 2 aliphatic carbocycles. The van der Waals surface area contributed by atoms with Crippen LogP contribution in [0, 0.1) is 6.92 Å². The summed E-state index contributed by atoms with van der Waals surface area (Å²) in [5, 5.41) is 16.5. The third kappa shape index (κ3) is 4.98. The van der Waals surface area contributed by atoms with Gasteiger partial charge in [-0.05, 0) is 62.8 Å². The highest BCUT2D eigenvalue weighted by atomic mass is 16.6. The van der Waals surface area contributed by atoms with Crippen molar-refractivity contribution in [3.63, 3.8) is 0 Å². The van der Waals surface area contributed by atoms with Crippen LogP contribution in [0.25, 0.3) is 11.3 Å². The summed E-state index contributed by atoms with van der Waals surface area (Å²) in [6.07, 6.45) is 8.56. The standard InChI is InChI=1S/C26H33N3O4/c1-18-5-7-19(8-6-18)23-17-24(27-29(23)20-9-11-21(32-4)12-10-20)26(31)15-13-22(14-16-26)33-25(30)28(2)3/h5-9,11-12,17,20,22,31H,10,13-16H2,1-4H3. The second-order valence-corrected chi connectivity index (χ2v) is 9.21. The Bertz CT molecular complexity index is 1040. The van der Waals surface area contributed by atoms with Crippen LogP contribution in [0.1, 0.15) is 49.4 Å². The number of amides is 1. The fourth-order valence-electron chi connectivity index (χ4n) is 4.43. The quantitative estimate of drug-likeness (QED) is 0.712. The first-order valence-corrected chi connectivity index (χ1v) is 11.5. The van der Waals surface area contributed by atoms with E-state index >= 15 is 0 Å². The van der Waals surface area contributed by atoms with Crippen molar-refractivity contribution < 1.29 is 19.4 Å². The molecule has 1 fully saturated rings. The number of carbonyl (C=O) groups is 1. The van der Waals surface area contributed by atoms with E-state index in [0.717, 1.165) is 23.4 Å². The summed E-state index contributed by atoms with van der Waals surface area (Å²) in [6, 6.07) is 10.4. The number of benzene rings is 1. The Kier molecular flexibility index (Phi) is 6.61. The van der Waals surface area contributed by atoms with Crippen LogP contribution in [-0.4, -0.2) is 53.2 Å². The third-order valence-corrected chi connectivity index (χ3v) is 6.55. The summed E-state index contributed by atoms with van der Waals surface area (Å²) < 4.78 is 12.9. The number of aromatic nitrogens is 2. The van der Waals surface area contributed by atoms with Gasteiger partial charge in [-0.3, -0.25) is 4.68 Å². The van der Waals surface area contributed by atoms with E-state index < -0.39 is 5.60 Å². The summed E-state index contributed by atoms with van der Waals surface area (Å²) in [4.78, 5) is 13.3. The smallest absolute Gasteiger partial charge is 0.409 e. The van der Waals surface area contributed by atoms with Gasteiger partial charge in [-0.25, -0.2) is 4.79 Å². The number of hydrogen-bond acceptors (Lipinski definition) is 5. The van der Waals surface area contributed by atoms with Crippen LogP contribution < -0.4 is 0 Å². The molecule has 0 aliphatic heterocycles. The van der Waals surface area contributed by atoms with Crippen molar-refractivity contribution in [3.05, 3.63) is 65.6 Å². The minimum absolute atomic E-state index is 0.0370. The van der Waals surface area contributed by atoms with Crippen LogP contribution in [0.3, 0.4) is 0 Å². The summed E-state index contributed by atoms with van der Waals surface area (Å²) in [5.74, 6) is 0.847. The molecule has 2 aromatic rings. The first kappa shape index (κ1) is 23.1. The molecule has 0 spiro atoms. The van der Waals surface area contributed by atoms with Crippen LogP contribution in [-0.2, 0) is 15.1 Å². The molecule has 1 aromatic carbocycles. The lowest BCUT2D eigenvalue weighted by Gasteiger charge is -2.34. The molecule has 176 valence electrons. The van der Waals surface area contributed by atoms with Crippen molar-refractivity contribution in [2.24, 2.45) is 0 Å². The van der Waals surface area contributed by atoms with Gasteiger partial charge >= 0.3 is 6.09 Å². The third-order valence-electron chi connectivity index (χ3n) is 6.55. The zero-order valence-corrected chi connectivity index (χ0v) is 19.8. The summed E-state index contributed by atoms with van der Waals surface area (Å²) >= 11 is 0. The maximum absolute atomic E-state index is 11.9. The van der Waals surface area contributed by atoms with Crippen molar-refractivity contribution in [2.75, 3.05) is 21.2 Å². The Balaban J connectivity index is 1.60. The molecule has 7 nitrogen and oxygen atoms in total. The molecule has 2 aliphatic rings. The van der Waals surface area contributed by atoms with E-state index in [0.29, 0.717) is 31.4 Å². The van der Waals surface area contributed by atoms with Gasteiger partial charge < -0.3 is 19.5 Å². The number of hydrogen-bond donors (Lipinski definition) is 1. The highest BCUT2D eigenvalue weighted by molar-refractivity contribution is 5.67. The van der Waals surface area contributed by atoms with Crippen LogP contribution in [0.4, 0.5) is 4.79 Å². The van der Waals surface area contributed by atoms with Crippen LogP contribution in [0.15, 0.2) is 54.3 Å². The van der Waals surface area contributed by atoms with Gasteiger partial charge in [-0.2, -0.15) is 5.10 Å². The Morgan fingerprint density at radius 3 is 2.48 bits per heavy atom. The van der Waals surface area contributed by atoms with Crippen molar-refractivity contribution in [1.29, 1.82) is 0 Å². The first-order valence-electron chi connectivity index (χ1n) is 11.5. The SMILES string of the molecule is COC1=CCC(n2nc(C3(O)CCC(OC(=O)N(C)C)CC3)cc2-c2ccc(C)cc2)C=C1. The molecule has 4 rings (SSSR count). The predicted molar refractivity (Wildman–Crippen MR) is 127 cm³/mol. The van der Waals surface area contributed by atoms with Crippen LogP contribution >= 0.6 is 0 Å². The molecule has 1 atom stereocenters. The van der Waals surface area contributed by atoms with Gasteiger partial charge in [0.1, 0.15) is 17.5 Å². The zero-order valence-electron chi connectivity index (χ0n) is 19.8. The van der Waals surface area contributed by atoms with E-state index in [9.17, 15) is 9.90 Å². The van der Waals surface area contributed by atoms with E-state index in [1.54, 1.807) is 21.2 Å². The van der Waals surface area contributed by atoms with Gasteiger partial charge in [0.05, 0.1) is 24.5 Å². The zero-order chi connectivity index (χ0) is 23.6. The molecule has 0 saturated heterocycles. The number of nitrogens with zero attached hydrogens (tertiary/aromatic N) is 3. The number of rotatable bonds is 5. The summed E-state index contributed by atoms with van der Waals surface area (Å²) in [5.41, 5.74) is 2.86. The number of aliphatic hydroxyl groups is 1. The molecule has 7 heteroatoms. The molecule has 1 unspecified atom stereocenters. The van der Waals surface area contributed by atoms with Gasteiger partial charge in [-0.1, -0.05) is 35.9 Å². The number of aryl methyl sites for hydroxylation is 1. The Labute approximate surface area is 195 Å². The lowest BCUT2D eigenvalue weighted by Crippen LogP contribution is -2.37. The normalized spacial score (nSPS) is 24.8. The average Bonchev–Trinajstić information content (AvgIpc) is 3.27. The van der Waals surface area contributed by atoms with Gasteiger partial charge in [0.25, 0.3) is 0 Å². The summed E-state index contributed by atoms with van der Waals surface area (Å²) in [6.45, 7) is 2.07. The van der Waals surface area contributed by atoms with Crippen molar-refractivity contribution >= 4 is 6.09 Å². The number of ether oxygens (including phenoxy) is 2. The fraction of sp³-hybridized carbons (Fsp3) is 0.462. The minimum atomic E-state index is -1.04. The van der Waals surface area contributed by atoms with Gasteiger partial charge in [0, 0.05) is 14.1 Å². The molecule has 0 radical (unpaired) electrons. The van der Waals surface area contributed by atoms with Crippen LogP contribution in [0.5, 0.6) is 0 Å². The number of methoxy groups -OCH3 is 1. The monoisotopic (exact) mass is 451 g/mol. The number of allylic oxidation sites excluding steroid dienone is 3. The molecule has 1 N–H and O–H groups in total. The molecular weight excluding hydrogens is 418 g/mol. The topological polar surface area (TPSA) is 76.8 Å². The van der Waals surface area contributed by atoms with Crippen molar-refractivity contribution in [1.82, 2.24) is 14.7 Å². The molecule has 1 saturated carbocycles. The Morgan fingerprint density at radius 2 is 1.91 bits per heavy atom. The Hall–Kier alpha value is -3.06. The van der Waals surface area contributed by atoms with E-state index in [4.69, 9.17) is 14.6 Å². The molecule has 1 amide bonds. The molecule has 1 aromatic heterocycles. The second-order valence-electron chi connectivity index (χ2n) is 9.21. The maximum Gasteiger partial charge on any atom is 0.409 e. The first-order chi connectivity index (χ1) is 15.8. The average molecular weight is 452 g/mol. The van der Waals surface area contributed by atoms with Gasteiger partial charge in [0.2, 0.25) is 0 Å². The van der Waals surface area contributed by atoms with Gasteiger partial charge in [0.15, 0.2) is 0 Å². The molecule has 1 heterocycles. The number of carbonyl (C=O) groups excluding carboxylic acids is 1. The lowest BCUT2D eigenvalue weighted by atomic mass is 9.81. The highest BCUT2D eigenvalue weighted by Gasteiger charge is 2.39. The Morgan fingerprint density at radius 1 is 1.21 bits per heavy atom. The molecule has 0 bridgehead atoms. The van der Waals surface area contributed by atoms with Crippen LogP contribution in [0.2, 0.25) is 0 Å². The fourth-order valence-corrected chi connectivity index (χ4v) is 4.43. The van der Waals surface area contributed by atoms with E-state index in [2.05, 4.69) is 43.3 Å². The predicted octanol–water partition coefficient (Wildman–Crippen LogP) is 4.72. The largest absolute Gasteiger partial charge is 0.497 e. The van der Waals surface area contributed by atoms with E-state index in [1.165, 1.54) is 10.5 Å². The van der Waals surface area contributed by atoms with Gasteiger partial charge in [-0.15, -0.1) is 0 Å². The van der Waals surface area contributed by atoms with E-state index in [-0.39, 0.29) is 18.2 Å². The minimum Gasteiger partial charge on any atom is -0.497 e. The molecular formula is C26H33N3O4. The summed E-state index contributed by atoms with van der Waals surface area (Å²) in [7, 11) is 5.01. The highest BCUT2D eigenvalue weighted by Crippen LogP contribution is 2.40. The maximum atomic E-state index is 11.9. The molecule has 33 heavy (non-hydrogen) atoms. The second kappa shape index (κ2) is 9.43. The van der Waals surface area contributed by atoms with E-state index in [1.807, 2.05) is 16.8 Å². The lowest BCUT2D eigenvalue weighted by molar-refractivity contribution is -0.0466.